The van der Waals surface area contributed by atoms with Crippen LogP contribution in [0.3, 0.4) is 0 Å². The number of carbonyl (C=O) groups is 1. The van der Waals surface area contributed by atoms with Crippen LogP contribution in [0, 0.1) is 6.92 Å². The van der Waals surface area contributed by atoms with Crippen molar-refractivity contribution < 1.29 is 4.79 Å². The summed E-state index contributed by atoms with van der Waals surface area (Å²) < 4.78 is 0. The molecule has 2 aromatic rings. The Labute approximate surface area is 118 Å². The van der Waals surface area contributed by atoms with Gasteiger partial charge in [0.05, 0.1) is 11.6 Å². The first kappa shape index (κ1) is 12.8. The van der Waals surface area contributed by atoms with Crippen molar-refractivity contribution in [3.63, 3.8) is 0 Å². The molecule has 0 saturated carbocycles. The topological polar surface area (TPSA) is 54.9 Å². The smallest absolute Gasteiger partial charge is 0.223 e. The fourth-order valence-corrected chi connectivity index (χ4v) is 2.73. The molecular weight excluding hydrogens is 250 g/mol. The number of anilines is 1. The summed E-state index contributed by atoms with van der Waals surface area (Å²) in [6.45, 7) is 3.67. The third kappa shape index (κ3) is 2.29. The third-order valence-corrected chi connectivity index (χ3v) is 3.87. The molecular formula is C16H17N3O. The molecule has 1 aromatic carbocycles. The number of aromatic nitrogens is 2. The van der Waals surface area contributed by atoms with Gasteiger partial charge in [-0.2, -0.15) is 0 Å². The van der Waals surface area contributed by atoms with E-state index in [4.69, 9.17) is 0 Å². The van der Waals surface area contributed by atoms with E-state index in [-0.39, 0.29) is 11.8 Å². The van der Waals surface area contributed by atoms with E-state index in [1.54, 1.807) is 12.4 Å². The second-order valence-electron chi connectivity index (χ2n) is 5.23. The van der Waals surface area contributed by atoms with Crippen LogP contribution in [0.1, 0.15) is 46.4 Å². The Kier molecular flexibility index (Phi) is 3.22. The molecule has 3 rings (SSSR count). The molecule has 4 heteroatoms. The van der Waals surface area contributed by atoms with Crippen LogP contribution >= 0.6 is 0 Å². The lowest BCUT2D eigenvalue weighted by molar-refractivity contribution is 0.101. The van der Waals surface area contributed by atoms with Gasteiger partial charge in [0, 0.05) is 12.4 Å². The zero-order chi connectivity index (χ0) is 14.1. The van der Waals surface area contributed by atoms with Gasteiger partial charge in [-0.05, 0) is 43.4 Å². The summed E-state index contributed by atoms with van der Waals surface area (Å²) in [6, 6.07) is 6.66. The van der Waals surface area contributed by atoms with Crippen LogP contribution < -0.4 is 5.32 Å². The molecule has 1 aliphatic rings. The number of hydrogen-bond acceptors (Lipinski definition) is 4. The molecule has 0 bridgehead atoms. The summed E-state index contributed by atoms with van der Waals surface area (Å²) in [5.41, 5.74) is 4.66. The van der Waals surface area contributed by atoms with Crippen molar-refractivity contribution >= 4 is 11.7 Å². The standard InChI is InChI=1S/C16H17N3O/c1-10-4-3-5-14-13(10)6-7-15(14)19-16-17-8-12(9-18-16)11(2)20/h3-5,8-9,15H,6-7H2,1-2H3,(H,17,18,19)/t15-/m0/s1. The van der Waals surface area contributed by atoms with E-state index in [0.29, 0.717) is 11.5 Å². The summed E-state index contributed by atoms with van der Waals surface area (Å²) >= 11 is 0. The minimum atomic E-state index is -0.0154. The maximum Gasteiger partial charge on any atom is 0.223 e. The maximum absolute atomic E-state index is 11.2. The SMILES string of the molecule is CC(=O)c1cnc(N[C@H]2CCc3c(C)cccc32)nc1. The highest BCUT2D eigenvalue weighted by atomic mass is 16.1. The van der Waals surface area contributed by atoms with Gasteiger partial charge in [-0.3, -0.25) is 4.79 Å². The average Bonchev–Trinajstić information content (AvgIpc) is 2.84. The van der Waals surface area contributed by atoms with Gasteiger partial charge in [-0.25, -0.2) is 9.97 Å². The zero-order valence-electron chi connectivity index (χ0n) is 11.7. The van der Waals surface area contributed by atoms with Gasteiger partial charge in [0.2, 0.25) is 5.95 Å². The Bertz CT molecular complexity index is 649. The first-order chi connectivity index (χ1) is 9.65. The second-order valence-corrected chi connectivity index (χ2v) is 5.23. The number of nitrogens with zero attached hydrogens (tertiary/aromatic N) is 2. The van der Waals surface area contributed by atoms with Crippen molar-refractivity contribution in [1.82, 2.24) is 9.97 Å². The number of fused-ring (bicyclic) bond motifs is 1. The van der Waals surface area contributed by atoms with Gasteiger partial charge in [-0.1, -0.05) is 18.2 Å². The van der Waals surface area contributed by atoms with Gasteiger partial charge >= 0.3 is 0 Å². The molecule has 0 amide bonds. The second kappa shape index (κ2) is 5.04. The minimum absolute atomic E-state index is 0.0154. The molecule has 0 saturated heterocycles. The minimum Gasteiger partial charge on any atom is -0.347 e. The van der Waals surface area contributed by atoms with E-state index in [1.165, 1.54) is 23.6 Å². The largest absolute Gasteiger partial charge is 0.347 e. The number of ketones is 1. The lowest BCUT2D eigenvalue weighted by Gasteiger charge is -2.14. The Hall–Kier alpha value is -2.23. The number of rotatable bonds is 3. The van der Waals surface area contributed by atoms with Gasteiger partial charge in [0.25, 0.3) is 0 Å². The monoisotopic (exact) mass is 267 g/mol. The first-order valence-corrected chi connectivity index (χ1v) is 6.83. The normalized spacial score (nSPS) is 16.8. The number of benzene rings is 1. The van der Waals surface area contributed by atoms with E-state index >= 15 is 0 Å². The van der Waals surface area contributed by atoms with Crippen molar-refractivity contribution in [3.8, 4) is 0 Å². The number of nitrogens with one attached hydrogen (secondary N) is 1. The molecule has 1 aliphatic carbocycles. The molecule has 1 atom stereocenters. The Balaban J connectivity index is 1.80. The maximum atomic E-state index is 11.2. The van der Waals surface area contributed by atoms with Crippen molar-refractivity contribution in [2.24, 2.45) is 0 Å². The van der Waals surface area contributed by atoms with Crippen LogP contribution in [-0.4, -0.2) is 15.8 Å². The van der Waals surface area contributed by atoms with Crippen LogP contribution in [0.25, 0.3) is 0 Å². The van der Waals surface area contributed by atoms with Crippen LogP contribution in [0.4, 0.5) is 5.95 Å². The predicted octanol–water partition coefficient (Wildman–Crippen LogP) is 3.09. The first-order valence-electron chi connectivity index (χ1n) is 6.83. The van der Waals surface area contributed by atoms with E-state index in [1.807, 2.05) is 0 Å². The number of Topliss-reactive ketones (excluding diaryl/α,β-unsaturated/α-hetero) is 1. The molecule has 0 unspecified atom stereocenters. The van der Waals surface area contributed by atoms with Crippen LogP contribution in [0.15, 0.2) is 30.6 Å². The lowest BCUT2D eigenvalue weighted by Crippen LogP contribution is -2.10. The van der Waals surface area contributed by atoms with E-state index in [0.717, 1.165) is 12.8 Å². The Morgan fingerprint density at radius 3 is 2.75 bits per heavy atom. The van der Waals surface area contributed by atoms with Crippen molar-refractivity contribution in [3.05, 3.63) is 52.8 Å². The predicted molar refractivity (Wildman–Crippen MR) is 77.9 cm³/mol. The van der Waals surface area contributed by atoms with E-state index in [2.05, 4.69) is 40.4 Å². The van der Waals surface area contributed by atoms with Gasteiger partial charge in [0.15, 0.2) is 5.78 Å². The molecule has 0 fully saturated rings. The number of hydrogen-bond donors (Lipinski definition) is 1. The van der Waals surface area contributed by atoms with Crippen molar-refractivity contribution in [2.75, 3.05) is 5.32 Å². The van der Waals surface area contributed by atoms with Gasteiger partial charge in [0.1, 0.15) is 0 Å². The molecule has 1 heterocycles. The fourth-order valence-electron chi connectivity index (χ4n) is 2.73. The van der Waals surface area contributed by atoms with Gasteiger partial charge in [-0.15, -0.1) is 0 Å². The highest BCUT2D eigenvalue weighted by molar-refractivity contribution is 5.93. The molecule has 0 spiro atoms. The van der Waals surface area contributed by atoms with Gasteiger partial charge < -0.3 is 5.32 Å². The molecule has 4 nitrogen and oxygen atoms in total. The summed E-state index contributed by atoms with van der Waals surface area (Å²) in [5.74, 6) is 0.563. The number of aryl methyl sites for hydroxylation is 1. The molecule has 0 radical (unpaired) electrons. The van der Waals surface area contributed by atoms with E-state index in [9.17, 15) is 4.79 Å². The van der Waals surface area contributed by atoms with Crippen molar-refractivity contribution in [1.29, 1.82) is 0 Å². The van der Waals surface area contributed by atoms with Crippen LogP contribution in [0.2, 0.25) is 0 Å². The third-order valence-electron chi connectivity index (χ3n) is 3.87. The van der Waals surface area contributed by atoms with Crippen molar-refractivity contribution in [2.45, 2.75) is 32.7 Å². The fraction of sp³-hybridized carbons (Fsp3) is 0.312. The molecule has 1 aromatic heterocycles. The van der Waals surface area contributed by atoms with Crippen LogP contribution in [-0.2, 0) is 6.42 Å². The molecule has 1 N–H and O–H groups in total. The van der Waals surface area contributed by atoms with Crippen LogP contribution in [0.5, 0.6) is 0 Å². The zero-order valence-corrected chi connectivity index (χ0v) is 11.7. The highest BCUT2D eigenvalue weighted by Gasteiger charge is 2.23. The molecule has 0 aliphatic heterocycles. The molecule has 20 heavy (non-hydrogen) atoms. The summed E-state index contributed by atoms with van der Waals surface area (Å²) in [4.78, 5) is 19.6. The summed E-state index contributed by atoms with van der Waals surface area (Å²) in [7, 11) is 0. The summed E-state index contributed by atoms with van der Waals surface area (Å²) in [6.07, 6.45) is 5.29. The summed E-state index contributed by atoms with van der Waals surface area (Å²) in [5, 5.41) is 3.36. The lowest BCUT2D eigenvalue weighted by atomic mass is 10.0. The highest BCUT2D eigenvalue weighted by Crippen LogP contribution is 2.34. The molecule has 102 valence electrons. The average molecular weight is 267 g/mol. The quantitative estimate of drug-likeness (QED) is 0.868. The Morgan fingerprint density at radius 1 is 1.30 bits per heavy atom. The number of carbonyl (C=O) groups excluding carboxylic acids is 1. The Morgan fingerprint density at radius 2 is 2.05 bits per heavy atom. The van der Waals surface area contributed by atoms with E-state index < -0.39 is 0 Å².